The highest BCUT2D eigenvalue weighted by atomic mass is 32.2. The molecule has 0 amide bonds. The first-order valence-electron chi connectivity index (χ1n) is 8.76. The van der Waals surface area contributed by atoms with Crippen LogP contribution in [0.5, 0.6) is 0 Å². The number of nitrogen functional groups attached to an aromatic ring is 1. The number of carbonyl (C=O) groups is 1. The van der Waals surface area contributed by atoms with Crippen LogP contribution in [0.4, 0.5) is 5.69 Å². The largest absolute Gasteiger partial charge is 0.469 e. The van der Waals surface area contributed by atoms with Crippen LogP contribution in [0.3, 0.4) is 0 Å². The summed E-state index contributed by atoms with van der Waals surface area (Å²) in [5.74, 6) is -0.404. The molecule has 0 unspecified atom stereocenters. The molecule has 0 fully saturated rings. The van der Waals surface area contributed by atoms with E-state index in [-0.39, 0.29) is 24.1 Å². The van der Waals surface area contributed by atoms with Gasteiger partial charge in [-0.15, -0.1) is 0 Å². The number of esters is 1. The van der Waals surface area contributed by atoms with Crippen LogP contribution in [-0.2, 0) is 26.0 Å². The first kappa shape index (κ1) is 21.4. The number of hydrogen-bond acceptors (Lipinski definition) is 5. The van der Waals surface area contributed by atoms with E-state index in [1.54, 1.807) is 18.2 Å². The zero-order chi connectivity index (χ0) is 20.7. The molecule has 0 spiro atoms. The maximum atomic E-state index is 11.8. The molecule has 2 aromatic rings. The second kappa shape index (κ2) is 9.36. The minimum Gasteiger partial charge on any atom is -0.469 e. The lowest BCUT2D eigenvalue weighted by atomic mass is 9.88. The van der Waals surface area contributed by atoms with E-state index >= 15 is 0 Å². The van der Waals surface area contributed by atoms with Crippen molar-refractivity contribution in [3.05, 3.63) is 65.2 Å². The van der Waals surface area contributed by atoms with Crippen molar-refractivity contribution in [2.24, 2.45) is 5.73 Å². The third-order valence-corrected chi connectivity index (χ3v) is 4.95. The van der Waals surface area contributed by atoms with Crippen LogP contribution in [-0.4, -0.2) is 33.6 Å². The Labute approximate surface area is 165 Å². The van der Waals surface area contributed by atoms with Gasteiger partial charge in [-0.05, 0) is 48.1 Å². The van der Waals surface area contributed by atoms with Gasteiger partial charge in [0.15, 0.2) is 0 Å². The molecule has 0 aliphatic carbocycles. The Hall–Kier alpha value is -2.87. The van der Waals surface area contributed by atoms with Gasteiger partial charge in [0.1, 0.15) is 5.84 Å². The first-order chi connectivity index (χ1) is 13.2. The van der Waals surface area contributed by atoms with E-state index in [1.807, 2.05) is 30.3 Å². The summed E-state index contributed by atoms with van der Waals surface area (Å²) < 4.78 is 29.8. The Kier molecular flexibility index (Phi) is 7.17. The molecule has 2 rings (SSSR count). The molecule has 1 atom stereocenters. The second-order valence-corrected chi connectivity index (χ2v) is 8.37. The van der Waals surface area contributed by atoms with E-state index in [1.165, 1.54) is 7.11 Å². The monoisotopic (exact) mass is 403 g/mol. The average Bonchev–Trinajstić information content (AvgIpc) is 2.65. The second-order valence-electron chi connectivity index (χ2n) is 6.63. The van der Waals surface area contributed by atoms with Crippen molar-refractivity contribution >= 4 is 27.5 Å². The number of sulfonamides is 1. The molecule has 0 saturated carbocycles. The van der Waals surface area contributed by atoms with E-state index in [2.05, 4.69) is 4.72 Å². The molecule has 0 radical (unpaired) electrons. The highest BCUT2D eigenvalue weighted by Crippen LogP contribution is 2.27. The SMILES string of the molecule is COC(=O)C[C@@H](CCc1ccc(NS(C)(=O)=O)cc1)c1cccc(C(=N)N)c1. The van der Waals surface area contributed by atoms with Crippen LogP contribution < -0.4 is 10.5 Å². The Bertz CT molecular complexity index is 940. The fourth-order valence-electron chi connectivity index (χ4n) is 2.93. The predicted octanol–water partition coefficient (Wildman–Crippen LogP) is 2.62. The molecule has 0 aliphatic rings. The molecular formula is C20H25N3O4S. The van der Waals surface area contributed by atoms with Gasteiger partial charge in [0, 0.05) is 11.3 Å². The number of nitrogens with one attached hydrogen (secondary N) is 2. The van der Waals surface area contributed by atoms with Crippen molar-refractivity contribution in [1.82, 2.24) is 0 Å². The van der Waals surface area contributed by atoms with E-state index in [0.717, 1.165) is 17.4 Å². The smallest absolute Gasteiger partial charge is 0.306 e. The van der Waals surface area contributed by atoms with Crippen LogP contribution in [0.1, 0.15) is 35.4 Å². The molecule has 0 aromatic heterocycles. The summed E-state index contributed by atoms with van der Waals surface area (Å²) in [5.41, 5.74) is 8.65. The molecule has 0 bridgehead atoms. The highest BCUT2D eigenvalue weighted by molar-refractivity contribution is 7.92. The van der Waals surface area contributed by atoms with E-state index in [9.17, 15) is 13.2 Å². The summed E-state index contributed by atoms with van der Waals surface area (Å²) in [4.78, 5) is 11.8. The number of nitrogens with two attached hydrogens (primary N) is 1. The van der Waals surface area contributed by atoms with Gasteiger partial charge in [-0.1, -0.05) is 30.3 Å². The van der Waals surface area contributed by atoms with Crippen LogP contribution in [0.15, 0.2) is 48.5 Å². The van der Waals surface area contributed by atoms with Crippen molar-refractivity contribution in [1.29, 1.82) is 5.41 Å². The van der Waals surface area contributed by atoms with Crippen molar-refractivity contribution in [2.75, 3.05) is 18.1 Å². The summed E-state index contributed by atoms with van der Waals surface area (Å²) in [7, 11) is -1.95. The summed E-state index contributed by atoms with van der Waals surface area (Å²) in [6.45, 7) is 0. The van der Waals surface area contributed by atoms with Crippen LogP contribution >= 0.6 is 0 Å². The predicted molar refractivity (Wildman–Crippen MR) is 110 cm³/mol. The Morgan fingerprint density at radius 1 is 1.21 bits per heavy atom. The third kappa shape index (κ3) is 6.70. The van der Waals surface area contributed by atoms with Crippen LogP contribution in [0.25, 0.3) is 0 Å². The van der Waals surface area contributed by atoms with Gasteiger partial charge in [0.25, 0.3) is 0 Å². The number of benzene rings is 2. The molecule has 0 aliphatic heterocycles. The summed E-state index contributed by atoms with van der Waals surface area (Å²) >= 11 is 0. The van der Waals surface area contributed by atoms with Crippen LogP contribution in [0.2, 0.25) is 0 Å². The molecular weight excluding hydrogens is 378 g/mol. The molecule has 0 saturated heterocycles. The standard InChI is InChI=1S/C20H25N3O4S/c1-27-19(24)13-16(15-4-3-5-17(12-15)20(21)22)9-6-14-7-10-18(11-8-14)23-28(2,25)26/h3-5,7-8,10-12,16,23H,6,9,13H2,1-2H3,(H3,21,22)/t16-/m1/s1. The van der Waals surface area contributed by atoms with Gasteiger partial charge in [-0.25, -0.2) is 8.42 Å². The Balaban J connectivity index is 2.14. The number of rotatable bonds is 9. The fourth-order valence-corrected chi connectivity index (χ4v) is 3.49. The molecule has 7 nitrogen and oxygen atoms in total. The molecule has 28 heavy (non-hydrogen) atoms. The number of anilines is 1. The normalized spacial score (nSPS) is 12.2. The quantitative estimate of drug-likeness (QED) is 0.337. The van der Waals surface area contributed by atoms with E-state index < -0.39 is 10.0 Å². The first-order valence-corrected chi connectivity index (χ1v) is 10.6. The zero-order valence-electron chi connectivity index (χ0n) is 15.9. The summed E-state index contributed by atoms with van der Waals surface area (Å²) in [6.07, 6.45) is 2.72. The van der Waals surface area contributed by atoms with Gasteiger partial charge < -0.3 is 10.5 Å². The third-order valence-electron chi connectivity index (χ3n) is 4.35. The van der Waals surface area contributed by atoms with Gasteiger partial charge >= 0.3 is 5.97 Å². The van der Waals surface area contributed by atoms with E-state index in [4.69, 9.17) is 15.9 Å². The van der Waals surface area contributed by atoms with Crippen LogP contribution in [0, 0.1) is 5.41 Å². The Morgan fingerprint density at radius 2 is 1.89 bits per heavy atom. The topological polar surface area (TPSA) is 122 Å². The maximum Gasteiger partial charge on any atom is 0.306 e. The lowest BCUT2D eigenvalue weighted by Crippen LogP contribution is -2.13. The van der Waals surface area contributed by atoms with Gasteiger partial charge in [0.05, 0.1) is 19.8 Å². The number of methoxy groups -OCH3 is 1. The number of carbonyl (C=O) groups excluding carboxylic acids is 1. The summed E-state index contributed by atoms with van der Waals surface area (Å²) in [5, 5.41) is 7.61. The summed E-state index contributed by atoms with van der Waals surface area (Å²) in [6, 6.07) is 14.5. The molecule has 2 aromatic carbocycles. The Morgan fingerprint density at radius 3 is 2.46 bits per heavy atom. The number of aryl methyl sites for hydroxylation is 1. The lowest BCUT2D eigenvalue weighted by Gasteiger charge is -2.17. The zero-order valence-corrected chi connectivity index (χ0v) is 16.8. The molecule has 0 heterocycles. The van der Waals surface area contributed by atoms with Gasteiger partial charge in [-0.3, -0.25) is 14.9 Å². The minimum atomic E-state index is -3.31. The van der Waals surface area contributed by atoms with E-state index in [0.29, 0.717) is 24.1 Å². The molecule has 150 valence electrons. The number of ether oxygens (including phenoxy) is 1. The van der Waals surface area contributed by atoms with Crippen molar-refractivity contribution in [3.8, 4) is 0 Å². The molecule has 4 N–H and O–H groups in total. The van der Waals surface area contributed by atoms with Crippen molar-refractivity contribution in [3.63, 3.8) is 0 Å². The number of hydrogen-bond donors (Lipinski definition) is 3. The lowest BCUT2D eigenvalue weighted by molar-refractivity contribution is -0.141. The molecule has 8 heteroatoms. The fraction of sp³-hybridized carbons (Fsp3) is 0.300. The van der Waals surface area contributed by atoms with Gasteiger partial charge in [-0.2, -0.15) is 0 Å². The van der Waals surface area contributed by atoms with Gasteiger partial charge in [0.2, 0.25) is 10.0 Å². The average molecular weight is 404 g/mol. The van der Waals surface area contributed by atoms with Crippen molar-refractivity contribution < 1.29 is 17.9 Å². The van der Waals surface area contributed by atoms with Crippen molar-refractivity contribution in [2.45, 2.75) is 25.2 Å². The number of amidine groups is 1. The maximum absolute atomic E-state index is 11.8. The highest BCUT2D eigenvalue weighted by Gasteiger charge is 2.17. The minimum absolute atomic E-state index is 0.0207.